The van der Waals surface area contributed by atoms with Gasteiger partial charge >= 0.3 is 0 Å². The van der Waals surface area contributed by atoms with E-state index in [1.807, 2.05) is 0 Å². The number of piperazine rings is 1. The van der Waals surface area contributed by atoms with Gasteiger partial charge in [-0.1, -0.05) is 36.4 Å². The highest BCUT2D eigenvalue weighted by atomic mass is 15.4. The SMILES string of the molecule is CN(C)CCCNn1c2ccccc2c2nc3ccccc3c(N3CCN(CCN(C)C)CC3)c21. The van der Waals surface area contributed by atoms with Gasteiger partial charge in [-0.05, 0) is 53.3 Å². The van der Waals surface area contributed by atoms with Crippen LogP contribution >= 0.6 is 0 Å². The van der Waals surface area contributed by atoms with E-state index in [2.05, 4.69) is 106 Å². The van der Waals surface area contributed by atoms with Gasteiger partial charge in [0.2, 0.25) is 0 Å². The topological polar surface area (TPSA) is 42.8 Å². The lowest BCUT2D eigenvalue weighted by Crippen LogP contribution is -2.48. The third kappa shape index (κ3) is 4.94. The average molecular weight is 474 g/mol. The summed E-state index contributed by atoms with van der Waals surface area (Å²) in [5.74, 6) is 0. The molecule has 0 bridgehead atoms. The average Bonchev–Trinajstić information content (AvgIpc) is 3.17. The summed E-state index contributed by atoms with van der Waals surface area (Å²) < 4.78 is 2.31. The van der Waals surface area contributed by atoms with Gasteiger partial charge in [-0.3, -0.25) is 9.58 Å². The van der Waals surface area contributed by atoms with Crippen molar-refractivity contribution in [3.05, 3.63) is 48.5 Å². The Morgan fingerprint density at radius 3 is 2.26 bits per heavy atom. The zero-order valence-electron chi connectivity index (χ0n) is 21.7. The molecule has 0 aliphatic carbocycles. The number of rotatable bonds is 9. The molecule has 4 aromatic rings. The Labute approximate surface area is 208 Å². The second-order valence-corrected chi connectivity index (χ2v) is 10.2. The molecule has 0 amide bonds. The fourth-order valence-corrected chi connectivity index (χ4v) is 5.18. The number of fused-ring (bicyclic) bond motifs is 4. The van der Waals surface area contributed by atoms with Crippen LogP contribution in [-0.2, 0) is 0 Å². The minimum Gasteiger partial charge on any atom is -0.367 e. The van der Waals surface area contributed by atoms with Gasteiger partial charge in [-0.15, -0.1) is 0 Å². The summed E-state index contributed by atoms with van der Waals surface area (Å²) in [5.41, 5.74) is 9.63. The maximum atomic E-state index is 5.19. The van der Waals surface area contributed by atoms with E-state index < -0.39 is 0 Å². The fraction of sp³-hybridized carbons (Fsp3) is 0.464. The Morgan fingerprint density at radius 2 is 1.51 bits per heavy atom. The van der Waals surface area contributed by atoms with Crippen LogP contribution in [0.3, 0.4) is 0 Å². The smallest absolute Gasteiger partial charge is 0.113 e. The summed E-state index contributed by atoms with van der Waals surface area (Å²) in [5, 5.41) is 2.44. The van der Waals surface area contributed by atoms with Crippen molar-refractivity contribution in [2.45, 2.75) is 6.42 Å². The summed E-state index contributed by atoms with van der Waals surface area (Å²) >= 11 is 0. The number of hydrogen-bond donors (Lipinski definition) is 1. The first-order valence-corrected chi connectivity index (χ1v) is 12.9. The Kier molecular flexibility index (Phi) is 7.09. The monoisotopic (exact) mass is 473 g/mol. The van der Waals surface area contributed by atoms with Crippen LogP contribution in [0.25, 0.3) is 32.8 Å². The molecule has 1 N–H and O–H groups in total. The molecule has 186 valence electrons. The molecule has 0 radical (unpaired) electrons. The van der Waals surface area contributed by atoms with E-state index in [1.54, 1.807) is 0 Å². The molecule has 0 unspecified atom stereocenters. The maximum Gasteiger partial charge on any atom is 0.113 e. The van der Waals surface area contributed by atoms with Crippen LogP contribution in [0, 0.1) is 0 Å². The van der Waals surface area contributed by atoms with Crippen molar-refractivity contribution < 1.29 is 0 Å². The predicted molar refractivity (Wildman–Crippen MR) is 149 cm³/mol. The number of hydrogen-bond acceptors (Lipinski definition) is 6. The van der Waals surface area contributed by atoms with E-state index in [-0.39, 0.29) is 0 Å². The summed E-state index contributed by atoms with van der Waals surface area (Å²) in [7, 11) is 8.57. The van der Waals surface area contributed by atoms with Crippen LogP contribution in [0.1, 0.15) is 6.42 Å². The van der Waals surface area contributed by atoms with Crippen molar-refractivity contribution in [3.8, 4) is 0 Å². The van der Waals surface area contributed by atoms with Gasteiger partial charge in [0.05, 0.1) is 16.7 Å². The van der Waals surface area contributed by atoms with Gasteiger partial charge in [0.15, 0.2) is 0 Å². The molecular weight excluding hydrogens is 434 g/mol. The Balaban J connectivity index is 1.58. The number of nitrogens with one attached hydrogen (secondary N) is 1. The zero-order chi connectivity index (χ0) is 24.4. The van der Waals surface area contributed by atoms with Crippen molar-refractivity contribution in [3.63, 3.8) is 0 Å². The first-order chi connectivity index (χ1) is 17.0. The zero-order valence-corrected chi connectivity index (χ0v) is 21.7. The highest BCUT2D eigenvalue weighted by Gasteiger charge is 2.25. The van der Waals surface area contributed by atoms with Gasteiger partial charge in [-0.25, -0.2) is 4.98 Å². The first-order valence-electron chi connectivity index (χ1n) is 12.9. The van der Waals surface area contributed by atoms with Crippen LogP contribution in [0.5, 0.6) is 0 Å². The van der Waals surface area contributed by atoms with Crippen molar-refractivity contribution in [2.24, 2.45) is 0 Å². The molecule has 1 fully saturated rings. The molecule has 2 aromatic heterocycles. The van der Waals surface area contributed by atoms with Crippen LogP contribution in [0.15, 0.2) is 48.5 Å². The second-order valence-electron chi connectivity index (χ2n) is 10.2. The Bertz CT molecular complexity index is 1280. The molecule has 3 heterocycles. The molecule has 0 spiro atoms. The van der Waals surface area contributed by atoms with E-state index in [1.165, 1.54) is 27.5 Å². The molecule has 2 aromatic carbocycles. The molecular formula is C28H39N7. The van der Waals surface area contributed by atoms with Gasteiger partial charge in [-0.2, -0.15) is 0 Å². The highest BCUT2D eigenvalue weighted by molar-refractivity contribution is 6.16. The first kappa shape index (κ1) is 23.9. The molecule has 7 nitrogen and oxygen atoms in total. The molecule has 7 heteroatoms. The lowest BCUT2D eigenvalue weighted by atomic mass is 10.1. The minimum absolute atomic E-state index is 0.913. The lowest BCUT2D eigenvalue weighted by Gasteiger charge is -2.37. The molecule has 1 aliphatic rings. The fourth-order valence-electron chi connectivity index (χ4n) is 5.18. The van der Waals surface area contributed by atoms with Crippen molar-refractivity contribution in [2.75, 3.05) is 90.9 Å². The number of benzene rings is 2. The summed E-state index contributed by atoms with van der Waals surface area (Å²) in [6, 6.07) is 17.3. The maximum absolute atomic E-state index is 5.19. The van der Waals surface area contributed by atoms with Crippen molar-refractivity contribution in [1.82, 2.24) is 24.4 Å². The van der Waals surface area contributed by atoms with Crippen molar-refractivity contribution in [1.29, 1.82) is 0 Å². The second kappa shape index (κ2) is 10.4. The molecule has 35 heavy (non-hydrogen) atoms. The predicted octanol–water partition coefficient (Wildman–Crippen LogP) is 3.52. The van der Waals surface area contributed by atoms with E-state index in [9.17, 15) is 0 Å². The van der Waals surface area contributed by atoms with E-state index in [0.29, 0.717) is 0 Å². The number of pyridine rings is 1. The number of para-hydroxylation sites is 2. The third-order valence-electron chi connectivity index (χ3n) is 7.07. The molecule has 0 atom stereocenters. The van der Waals surface area contributed by atoms with E-state index in [4.69, 9.17) is 4.98 Å². The van der Waals surface area contributed by atoms with Crippen molar-refractivity contribution >= 4 is 38.5 Å². The molecule has 1 aliphatic heterocycles. The third-order valence-corrected chi connectivity index (χ3v) is 7.07. The molecule has 0 saturated carbocycles. The Hall–Kier alpha value is -2.87. The largest absolute Gasteiger partial charge is 0.367 e. The minimum atomic E-state index is 0.913. The highest BCUT2D eigenvalue weighted by Crippen LogP contribution is 2.39. The molecule has 5 rings (SSSR count). The summed E-state index contributed by atoms with van der Waals surface area (Å²) in [6.45, 7) is 8.43. The molecule has 1 saturated heterocycles. The van der Waals surface area contributed by atoms with Gasteiger partial charge in [0.1, 0.15) is 11.0 Å². The van der Waals surface area contributed by atoms with Gasteiger partial charge in [0.25, 0.3) is 0 Å². The number of likely N-dealkylation sites (N-methyl/N-ethyl adjacent to an activating group) is 1. The number of anilines is 1. The van der Waals surface area contributed by atoms with Gasteiger partial charge in [0, 0.05) is 56.6 Å². The van der Waals surface area contributed by atoms with Crippen LogP contribution in [0.2, 0.25) is 0 Å². The van der Waals surface area contributed by atoms with E-state index in [0.717, 1.165) is 69.8 Å². The van der Waals surface area contributed by atoms with Gasteiger partial charge < -0.3 is 20.1 Å². The van der Waals surface area contributed by atoms with Crippen LogP contribution in [-0.4, -0.2) is 105 Å². The summed E-state index contributed by atoms with van der Waals surface area (Å²) in [6.07, 6.45) is 1.09. The van der Waals surface area contributed by atoms with Crippen LogP contribution in [0.4, 0.5) is 5.69 Å². The number of nitrogens with zero attached hydrogens (tertiary/aromatic N) is 6. The Morgan fingerprint density at radius 1 is 0.829 bits per heavy atom. The standard InChI is InChI=1S/C28H39N7/c1-31(2)15-9-14-29-35-25-13-8-6-11-23(25)26-28(35)27(22-10-5-7-12-24(22)30-26)34-20-18-33(19-21-34)17-16-32(3)4/h5-8,10-13,29H,9,14-21H2,1-4H3. The normalized spacial score (nSPS) is 15.3. The quantitative estimate of drug-likeness (QED) is 0.375. The van der Waals surface area contributed by atoms with Crippen LogP contribution < -0.4 is 10.3 Å². The summed E-state index contributed by atoms with van der Waals surface area (Å²) in [4.78, 5) is 14.9. The van der Waals surface area contributed by atoms with E-state index >= 15 is 0 Å². The lowest BCUT2D eigenvalue weighted by molar-refractivity contribution is 0.230. The number of aromatic nitrogens is 2.